The first-order valence-electron chi connectivity index (χ1n) is 9.54. The number of amides is 1. The number of fused-ring (bicyclic) bond motifs is 1. The molecule has 0 radical (unpaired) electrons. The average Bonchev–Trinajstić information content (AvgIpc) is 3.05. The van der Waals surface area contributed by atoms with E-state index < -0.39 is 5.92 Å². The van der Waals surface area contributed by atoms with Crippen molar-refractivity contribution in [1.82, 2.24) is 9.78 Å². The van der Waals surface area contributed by atoms with E-state index in [-0.39, 0.29) is 18.1 Å². The summed E-state index contributed by atoms with van der Waals surface area (Å²) in [7, 11) is 1.58. The van der Waals surface area contributed by atoms with Crippen molar-refractivity contribution in [2.45, 2.75) is 33.1 Å². The van der Waals surface area contributed by atoms with E-state index in [2.05, 4.69) is 10.4 Å². The van der Waals surface area contributed by atoms with Gasteiger partial charge in [-0.05, 0) is 68.3 Å². The number of nitrogens with one attached hydrogen (secondary N) is 1. The molecule has 1 aliphatic heterocycles. The van der Waals surface area contributed by atoms with Crippen LogP contribution < -0.4 is 10.1 Å². The SMILES string of the molecule is COc1ccc(C(=O)[C@H]2CC(=O)Nc3c2c(C)nn3-c2ccc(C)c(C)c2)cc1. The fourth-order valence-electron chi connectivity index (χ4n) is 3.77. The zero-order chi connectivity index (χ0) is 20.7. The number of Topliss-reactive ketones (excluding diaryl/α,β-unsaturated/α-hetero) is 1. The maximum atomic E-state index is 13.2. The number of carbonyl (C=O) groups is 2. The van der Waals surface area contributed by atoms with Gasteiger partial charge in [0.2, 0.25) is 5.91 Å². The molecule has 29 heavy (non-hydrogen) atoms. The Hall–Kier alpha value is -3.41. The van der Waals surface area contributed by atoms with Crippen molar-refractivity contribution in [3.63, 3.8) is 0 Å². The first-order chi connectivity index (χ1) is 13.9. The van der Waals surface area contributed by atoms with Crippen molar-refractivity contribution in [3.05, 3.63) is 70.4 Å². The number of ketones is 1. The lowest BCUT2D eigenvalue weighted by Crippen LogP contribution is -2.28. The Labute approximate surface area is 169 Å². The highest BCUT2D eigenvalue weighted by molar-refractivity contribution is 6.08. The molecule has 1 aliphatic rings. The van der Waals surface area contributed by atoms with Crippen molar-refractivity contribution >= 4 is 17.5 Å². The molecule has 0 saturated carbocycles. The minimum Gasteiger partial charge on any atom is -0.497 e. The minimum atomic E-state index is -0.563. The Morgan fingerprint density at radius 1 is 1.10 bits per heavy atom. The summed E-state index contributed by atoms with van der Waals surface area (Å²) in [5.74, 6) is 0.421. The van der Waals surface area contributed by atoms with Crippen LogP contribution in [0.15, 0.2) is 42.5 Å². The van der Waals surface area contributed by atoms with Crippen molar-refractivity contribution in [2.24, 2.45) is 0 Å². The number of hydrogen-bond acceptors (Lipinski definition) is 4. The Morgan fingerprint density at radius 2 is 1.83 bits per heavy atom. The van der Waals surface area contributed by atoms with Gasteiger partial charge in [0.1, 0.15) is 11.6 Å². The Balaban J connectivity index is 1.78. The third-order valence-corrected chi connectivity index (χ3v) is 5.53. The molecule has 0 spiro atoms. The lowest BCUT2D eigenvalue weighted by atomic mass is 9.85. The van der Waals surface area contributed by atoms with Crippen molar-refractivity contribution < 1.29 is 14.3 Å². The number of ether oxygens (including phenoxy) is 1. The maximum absolute atomic E-state index is 13.2. The first-order valence-corrected chi connectivity index (χ1v) is 9.54. The summed E-state index contributed by atoms with van der Waals surface area (Å²) in [4.78, 5) is 25.7. The molecule has 0 fully saturated rings. The number of nitrogens with zero attached hydrogens (tertiary/aromatic N) is 2. The molecule has 0 saturated heterocycles. The molecule has 2 aromatic carbocycles. The lowest BCUT2D eigenvalue weighted by molar-refractivity contribution is -0.116. The molecule has 0 unspecified atom stereocenters. The molecule has 3 aromatic rings. The van der Waals surface area contributed by atoms with E-state index in [1.807, 2.05) is 39.0 Å². The molecule has 1 aromatic heterocycles. The number of methoxy groups -OCH3 is 1. The first kappa shape index (κ1) is 18.9. The van der Waals surface area contributed by atoms with Crippen LogP contribution in [0.3, 0.4) is 0 Å². The topological polar surface area (TPSA) is 73.2 Å². The molecule has 1 atom stereocenters. The summed E-state index contributed by atoms with van der Waals surface area (Å²) in [5.41, 5.74) is 5.25. The van der Waals surface area contributed by atoms with E-state index in [0.29, 0.717) is 17.1 Å². The second-order valence-electron chi connectivity index (χ2n) is 7.43. The predicted octanol–water partition coefficient (Wildman–Crippen LogP) is 4.11. The molecular formula is C23H23N3O3. The van der Waals surface area contributed by atoms with E-state index in [4.69, 9.17) is 4.74 Å². The summed E-state index contributed by atoms with van der Waals surface area (Å²) >= 11 is 0. The molecule has 0 aliphatic carbocycles. The second-order valence-corrected chi connectivity index (χ2v) is 7.43. The Morgan fingerprint density at radius 3 is 2.48 bits per heavy atom. The maximum Gasteiger partial charge on any atom is 0.226 e. The zero-order valence-corrected chi connectivity index (χ0v) is 16.9. The third kappa shape index (κ3) is 3.31. The standard InChI is InChI=1S/C23H23N3O3/c1-13-5-8-17(11-14(13)2)26-23-21(15(3)25-26)19(12-20(27)24-23)22(28)16-6-9-18(29-4)10-7-16/h5-11,19H,12H2,1-4H3,(H,24,27)/t19-/m0/s1. The number of carbonyl (C=O) groups excluding carboxylic acids is 2. The summed E-state index contributed by atoms with van der Waals surface area (Å²) < 4.78 is 6.89. The van der Waals surface area contributed by atoms with Crippen LogP contribution in [0, 0.1) is 20.8 Å². The molecule has 4 rings (SSSR count). The van der Waals surface area contributed by atoms with Gasteiger partial charge in [-0.15, -0.1) is 0 Å². The molecule has 0 bridgehead atoms. The van der Waals surface area contributed by atoms with Gasteiger partial charge in [0.25, 0.3) is 0 Å². The van der Waals surface area contributed by atoms with Gasteiger partial charge in [-0.1, -0.05) is 6.07 Å². The molecular weight excluding hydrogens is 366 g/mol. The second kappa shape index (κ2) is 7.20. The van der Waals surface area contributed by atoms with Gasteiger partial charge in [0.15, 0.2) is 5.78 Å². The fraction of sp³-hybridized carbons (Fsp3) is 0.261. The Kier molecular flexibility index (Phi) is 4.70. The van der Waals surface area contributed by atoms with Crippen LogP contribution in [-0.4, -0.2) is 28.6 Å². The zero-order valence-electron chi connectivity index (χ0n) is 16.9. The molecule has 1 amide bonds. The number of hydrogen-bond donors (Lipinski definition) is 1. The van der Waals surface area contributed by atoms with Crippen LogP contribution in [0.1, 0.15) is 45.1 Å². The highest BCUT2D eigenvalue weighted by atomic mass is 16.5. The minimum absolute atomic E-state index is 0.0912. The summed E-state index contributed by atoms with van der Waals surface area (Å²) in [6, 6.07) is 13.0. The van der Waals surface area contributed by atoms with Gasteiger partial charge < -0.3 is 10.1 Å². The van der Waals surface area contributed by atoms with Crippen LogP contribution in [0.2, 0.25) is 0 Å². The molecule has 6 nitrogen and oxygen atoms in total. The molecule has 1 N–H and O–H groups in total. The number of aromatic nitrogens is 2. The van der Waals surface area contributed by atoms with Gasteiger partial charge in [-0.25, -0.2) is 4.68 Å². The molecule has 148 valence electrons. The normalized spacial score (nSPS) is 15.6. The van der Waals surface area contributed by atoms with Crippen LogP contribution >= 0.6 is 0 Å². The number of benzene rings is 2. The third-order valence-electron chi connectivity index (χ3n) is 5.53. The highest BCUT2D eigenvalue weighted by Crippen LogP contribution is 2.38. The quantitative estimate of drug-likeness (QED) is 0.682. The van der Waals surface area contributed by atoms with Crippen LogP contribution in [-0.2, 0) is 4.79 Å². The van der Waals surface area contributed by atoms with Gasteiger partial charge >= 0.3 is 0 Å². The van der Waals surface area contributed by atoms with Gasteiger partial charge in [-0.3, -0.25) is 9.59 Å². The monoisotopic (exact) mass is 389 g/mol. The lowest BCUT2D eigenvalue weighted by Gasteiger charge is -2.23. The number of aryl methyl sites for hydroxylation is 3. The van der Waals surface area contributed by atoms with Gasteiger partial charge in [0, 0.05) is 17.5 Å². The smallest absolute Gasteiger partial charge is 0.226 e. The molecule has 2 heterocycles. The summed E-state index contributed by atoms with van der Waals surface area (Å²) in [6.45, 7) is 5.96. The number of anilines is 1. The van der Waals surface area contributed by atoms with E-state index in [0.717, 1.165) is 22.5 Å². The number of rotatable bonds is 4. The van der Waals surface area contributed by atoms with E-state index in [1.165, 1.54) is 5.56 Å². The fourth-order valence-corrected chi connectivity index (χ4v) is 3.77. The molecule has 6 heteroatoms. The van der Waals surface area contributed by atoms with Gasteiger partial charge in [-0.2, -0.15) is 5.10 Å². The predicted molar refractivity (Wildman–Crippen MR) is 111 cm³/mol. The highest BCUT2D eigenvalue weighted by Gasteiger charge is 2.36. The van der Waals surface area contributed by atoms with E-state index in [1.54, 1.807) is 36.1 Å². The van der Waals surface area contributed by atoms with E-state index in [9.17, 15) is 9.59 Å². The largest absolute Gasteiger partial charge is 0.497 e. The summed E-state index contributed by atoms with van der Waals surface area (Å²) in [5, 5.41) is 7.58. The van der Waals surface area contributed by atoms with Crippen LogP contribution in [0.4, 0.5) is 5.82 Å². The Bertz CT molecular complexity index is 1110. The average molecular weight is 389 g/mol. The van der Waals surface area contributed by atoms with Gasteiger partial charge in [0.05, 0.1) is 24.4 Å². The van der Waals surface area contributed by atoms with Crippen molar-refractivity contribution in [3.8, 4) is 11.4 Å². The van der Waals surface area contributed by atoms with Crippen molar-refractivity contribution in [2.75, 3.05) is 12.4 Å². The van der Waals surface area contributed by atoms with Crippen LogP contribution in [0.5, 0.6) is 5.75 Å². The summed E-state index contributed by atoms with van der Waals surface area (Å²) in [6.07, 6.45) is 0.108. The van der Waals surface area contributed by atoms with E-state index >= 15 is 0 Å². The van der Waals surface area contributed by atoms with Crippen LogP contribution in [0.25, 0.3) is 5.69 Å². The van der Waals surface area contributed by atoms with Crippen molar-refractivity contribution in [1.29, 1.82) is 0 Å².